The molecular weight excluding hydrogens is 779 g/mol. The molecule has 0 aliphatic carbocycles. The molecule has 62 heavy (non-hydrogen) atoms. The van der Waals surface area contributed by atoms with Gasteiger partial charge in [-0.1, -0.05) is 154 Å². The molecule has 0 aromatic rings. The van der Waals surface area contributed by atoms with Crippen molar-refractivity contribution in [3.05, 3.63) is 36.5 Å². The Labute approximate surface area is 381 Å². The average Bonchev–Trinajstić information content (AvgIpc) is 3.25. The van der Waals surface area contributed by atoms with Crippen LogP contribution in [-0.4, -0.2) is 75.8 Å². The third-order valence-electron chi connectivity index (χ3n) is 11.1. The Morgan fingerprint density at radius 1 is 0.355 bits per heavy atom. The van der Waals surface area contributed by atoms with Gasteiger partial charge in [0.15, 0.2) is 0 Å². The molecule has 0 aromatic heterocycles. The lowest BCUT2D eigenvalue weighted by molar-refractivity contribution is -0.170. The van der Waals surface area contributed by atoms with E-state index in [1.165, 1.54) is 38.5 Å². The fourth-order valence-corrected chi connectivity index (χ4v) is 6.87. The zero-order valence-corrected chi connectivity index (χ0v) is 40.8. The summed E-state index contributed by atoms with van der Waals surface area (Å²) in [6, 6.07) is 0. The lowest BCUT2D eigenvalue weighted by atomic mass is 9.92. The highest BCUT2D eigenvalue weighted by molar-refractivity contribution is 5.71. The van der Waals surface area contributed by atoms with Crippen LogP contribution in [0.5, 0.6) is 0 Å². The zero-order chi connectivity index (χ0) is 45.6. The van der Waals surface area contributed by atoms with E-state index in [4.69, 9.17) is 18.9 Å². The fourth-order valence-electron chi connectivity index (χ4n) is 6.87. The van der Waals surface area contributed by atoms with Crippen LogP contribution in [0.2, 0.25) is 0 Å². The van der Waals surface area contributed by atoms with Gasteiger partial charge in [-0.3, -0.25) is 19.2 Å². The smallest absolute Gasteiger partial charge is 0.305 e. The molecule has 0 rings (SSSR count). The molecule has 9 nitrogen and oxygen atoms in total. The third-order valence-corrected chi connectivity index (χ3v) is 11.1. The van der Waals surface area contributed by atoms with Crippen LogP contribution in [0.1, 0.15) is 226 Å². The molecule has 0 aliphatic rings. The van der Waals surface area contributed by atoms with E-state index < -0.39 is 11.4 Å². The van der Waals surface area contributed by atoms with E-state index in [9.17, 15) is 19.2 Å². The molecule has 0 heterocycles. The van der Waals surface area contributed by atoms with Crippen LogP contribution in [0.3, 0.4) is 0 Å². The van der Waals surface area contributed by atoms with Gasteiger partial charge in [0, 0.05) is 25.7 Å². The minimum absolute atomic E-state index is 0.193. The van der Waals surface area contributed by atoms with Crippen molar-refractivity contribution < 1.29 is 38.1 Å². The Bertz CT molecular complexity index is 1050. The van der Waals surface area contributed by atoms with E-state index in [0.29, 0.717) is 25.7 Å². The molecule has 0 aliphatic heterocycles. The van der Waals surface area contributed by atoms with Crippen LogP contribution in [0.4, 0.5) is 0 Å². The molecule has 9 heteroatoms. The molecule has 0 saturated heterocycles. The topological polar surface area (TPSA) is 108 Å². The van der Waals surface area contributed by atoms with Gasteiger partial charge in [0.05, 0.1) is 0 Å². The summed E-state index contributed by atoms with van der Waals surface area (Å²) in [7, 11) is 3.90. The van der Waals surface area contributed by atoms with Crippen molar-refractivity contribution in [1.29, 1.82) is 0 Å². The maximum absolute atomic E-state index is 13.1. The van der Waals surface area contributed by atoms with Gasteiger partial charge in [-0.15, -0.1) is 0 Å². The number of esters is 4. The third kappa shape index (κ3) is 41.1. The predicted octanol–water partition coefficient (Wildman–Crippen LogP) is 13.9. The lowest BCUT2D eigenvalue weighted by Crippen LogP contribution is -2.44. The summed E-state index contributed by atoms with van der Waals surface area (Å²) in [6.45, 7) is 6.58. The molecule has 0 atom stereocenters. The van der Waals surface area contributed by atoms with Crippen molar-refractivity contribution in [2.75, 3.05) is 47.1 Å². The second kappa shape index (κ2) is 44.7. The Morgan fingerprint density at radius 2 is 0.597 bits per heavy atom. The summed E-state index contributed by atoms with van der Waals surface area (Å²) in [5.41, 5.74) is -1.22. The quantitative estimate of drug-likeness (QED) is 0.0256. The van der Waals surface area contributed by atoms with Crippen molar-refractivity contribution in [2.45, 2.75) is 226 Å². The number of hydrogen-bond donors (Lipinski definition) is 0. The van der Waals surface area contributed by atoms with Crippen molar-refractivity contribution >= 4 is 23.9 Å². The van der Waals surface area contributed by atoms with Crippen molar-refractivity contribution in [1.82, 2.24) is 4.90 Å². The highest BCUT2D eigenvalue weighted by Gasteiger charge is 2.38. The van der Waals surface area contributed by atoms with Crippen LogP contribution in [-0.2, 0) is 38.1 Å². The molecule has 0 saturated carbocycles. The Kier molecular flexibility index (Phi) is 42.5. The Hall–Kier alpha value is -2.94. The van der Waals surface area contributed by atoms with E-state index in [1.54, 1.807) is 0 Å². The number of rotatable bonds is 45. The van der Waals surface area contributed by atoms with Crippen molar-refractivity contribution in [3.63, 3.8) is 0 Å². The monoisotopic (exact) mass is 874 g/mol. The molecule has 0 amide bonds. The van der Waals surface area contributed by atoms with E-state index in [-0.39, 0.29) is 70.0 Å². The average molecular weight is 874 g/mol. The van der Waals surface area contributed by atoms with E-state index in [0.717, 1.165) is 122 Å². The first-order valence-corrected chi connectivity index (χ1v) is 25.4. The van der Waals surface area contributed by atoms with Crippen LogP contribution in [0.15, 0.2) is 36.5 Å². The second-order valence-electron chi connectivity index (χ2n) is 17.8. The van der Waals surface area contributed by atoms with E-state index in [2.05, 4.69) is 57.2 Å². The van der Waals surface area contributed by atoms with E-state index >= 15 is 0 Å². The summed E-state index contributed by atoms with van der Waals surface area (Å²) in [5.74, 6) is -1.49. The molecule has 0 radical (unpaired) electrons. The summed E-state index contributed by atoms with van der Waals surface area (Å²) in [5, 5.41) is 0. The number of carbonyl (C=O) groups excluding carboxylic acids is 4. The minimum Gasteiger partial charge on any atom is -0.465 e. The van der Waals surface area contributed by atoms with Gasteiger partial charge in [0.2, 0.25) is 0 Å². The van der Waals surface area contributed by atoms with Crippen LogP contribution >= 0.6 is 0 Å². The maximum Gasteiger partial charge on any atom is 0.305 e. The van der Waals surface area contributed by atoms with Crippen molar-refractivity contribution in [2.24, 2.45) is 5.41 Å². The summed E-state index contributed by atoms with van der Waals surface area (Å²) in [4.78, 5) is 54.1. The SMILES string of the molecule is CCCC/C=C/CCCCCCCC(=O)OCC(COC(=O)CCCCCCC/C=C/CCCC)(COC(=O)CCCCCCC/C=C/CCCC)COC(=O)CCCN(C)C. The number of carbonyl (C=O) groups is 4. The molecule has 0 aromatic carbocycles. The first-order valence-electron chi connectivity index (χ1n) is 25.4. The van der Waals surface area contributed by atoms with Gasteiger partial charge in [0.25, 0.3) is 0 Å². The standard InChI is InChI=1S/C53H95NO8/c1-6-9-12-15-18-21-24-27-30-33-36-40-49(55)59-45-53(48-62-52(58)43-39-44-54(4)5,46-60-50(56)41-37-34-31-28-25-22-19-16-13-10-7-2)47-61-51(57)42-38-35-32-29-26-23-20-17-14-11-8-3/h15-20H,6-14,21-48H2,1-5H3/b18-15+,19-16+,20-17+. The highest BCUT2D eigenvalue weighted by Crippen LogP contribution is 2.24. The minimum atomic E-state index is -1.22. The molecule has 0 N–H and O–H groups in total. The van der Waals surface area contributed by atoms with Crippen molar-refractivity contribution in [3.8, 4) is 0 Å². The molecule has 0 bridgehead atoms. The van der Waals surface area contributed by atoms with Crippen LogP contribution in [0.25, 0.3) is 0 Å². The molecule has 360 valence electrons. The molecule has 0 fully saturated rings. The van der Waals surface area contributed by atoms with Gasteiger partial charge in [0.1, 0.15) is 31.8 Å². The molecule has 0 unspecified atom stereocenters. The molecular formula is C53H95NO8. The van der Waals surface area contributed by atoms with E-state index in [1.807, 2.05) is 19.0 Å². The number of hydrogen-bond acceptors (Lipinski definition) is 9. The second-order valence-corrected chi connectivity index (χ2v) is 17.8. The summed E-state index contributed by atoms with van der Waals surface area (Å²) in [6.07, 6.45) is 44.4. The zero-order valence-electron chi connectivity index (χ0n) is 40.8. The van der Waals surface area contributed by atoms with Gasteiger partial charge in [-0.05, 0) is 104 Å². The normalized spacial score (nSPS) is 12.0. The maximum atomic E-state index is 13.1. The Balaban J connectivity index is 5.39. The lowest BCUT2D eigenvalue weighted by Gasteiger charge is -2.31. The van der Waals surface area contributed by atoms with Gasteiger partial charge in [-0.25, -0.2) is 0 Å². The highest BCUT2D eigenvalue weighted by atomic mass is 16.6. The van der Waals surface area contributed by atoms with Gasteiger partial charge >= 0.3 is 23.9 Å². The number of ether oxygens (including phenoxy) is 4. The first-order chi connectivity index (χ1) is 30.2. The number of unbranched alkanes of at least 4 members (excludes halogenated alkanes) is 21. The Morgan fingerprint density at radius 3 is 0.871 bits per heavy atom. The number of allylic oxidation sites excluding steroid dienone is 6. The fraction of sp³-hybridized carbons (Fsp3) is 0.811. The van der Waals surface area contributed by atoms with Crippen LogP contribution in [0, 0.1) is 5.41 Å². The first kappa shape index (κ1) is 59.1. The molecule has 0 spiro atoms. The number of nitrogens with zero attached hydrogens (tertiary/aromatic N) is 1. The predicted molar refractivity (Wildman–Crippen MR) is 257 cm³/mol. The summed E-state index contributed by atoms with van der Waals surface area (Å²) >= 11 is 0. The largest absolute Gasteiger partial charge is 0.465 e. The van der Waals surface area contributed by atoms with Gasteiger partial charge < -0.3 is 23.8 Å². The van der Waals surface area contributed by atoms with Gasteiger partial charge in [-0.2, -0.15) is 0 Å². The van der Waals surface area contributed by atoms with Crippen LogP contribution < -0.4 is 0 Å². The summed E-state index contributed by atoms with van der Waals surface area (Å²) < 4.78 is 23.2.